The average molecular weight is 651 g/mol. The second kappa shape index (κ2) is 19.1. The standard InChI is InChI=1S/C43H54O5/c1-5-6-7-8-33-15-19-38(20-16-33)40-23-25-41(26-24-40)39-21-17-35(18-22-39)10-9-34-11-13-36(14-12-34)27-37(29-47-42(45)31(2)3)30-48-43(46)32(4)28-44/h11-16,19-20,23-26,35,37,39,44H,2,4-10,17-18,21-22,27-30H2,1,3H3. The van der Waals surface area contributed by atoms with Crippen LogP contribution >= 0.6 is 0 Å². The molecule has 1 aliphatic rings. The summed E-state index contributed by atoms with van der Waals surface area (Å²) in [6, 6.07) is 27.0. The monoisotopic (exact) mass is 650 g/mol. The average Bonchev–Trinajstić information content (AvgIpc) is 3.12. The topological polar surface area (TPSA) is 72.8 Å². The molecular formula is C43H54O5. The number of aryl methyl sites for hydroxylation is 2. The summed E-state index contributed by atoms with van der Waals surface area (Å²) in [5.41, 5.74) is 8.23. The van der Waals surface area contributed by atoms with Crippen LogP contribution in [-0.4, -0.2) is 36.9 Å². The number of unbranched alkanes of at least 4 members (excludes halogenated alkanes) is 2. The smallest absolute Gasteiger partial charge is 0.335 e. The molecule has 0 saturated heterocycles. The quantitative estimate of drug-likeness (QED) is 0.0844. The molecular weight excluding hydrogens is 596 g/mol. The minimum absolute atomic E-state index is 0.00533. The number of rotatable bonds is 18. The van der Waals surface area contributed by atoms with E-state index in [4.69, 9.17) is 14.6 Å². The Bertz CT molecular complexity index is 1460. The van der Waals surface area contributed by atoms with E-state index in [2.05, 4.69) is 92.9 Å². The van der Waals surface area contributed by atoms with Gasteiger partial charge in [-0.1, -0.05) is 106 Å². The molecule has 1 N–H and O–H groups in total. The van der Waals surface area contributed by atoms with Crippen molar-refractivity contribution in [3.05, 3.63) is 119 Å². The van der Waals surface area contributed by atoms with Gasteiger partial charge >= 0.3 is 11.9 Å². The Morgan fingerprint density at radius 1 is 0.750 bits per heavy atom. The van der Waals surface area contributed by atoms with Crippen LogP contribution in [0.2, 0.25) is 0 Å². The highest BCUT2D eigenvalue weighted by molar-refractivity contribution is 5.88. The molecule has 48 heavy (non-hydrogen) atoms. The molecule has 4 rings (SSSR count). The zero-order chi connectivity index (χ0) is 34.3. The van der Waals surface area contributed by atoms with Crippen LogP contribution in [0.1, 0.15) is 93.4 Å². The van der Waals surface area contributed by atoms with Crippen molar-refractivity contribution in [1.29, 1.82) is 0 Å². The Morgan fingerprint density at radius 2 is 1.29 bits per heavy atom. The minimum Gasteiger partial charge on any atom is -0.462 e. The fraction of sp³-hybridized carbons (Fsp3) is 0.442. The lowest BCUT2D eigenvalue weighted by atomic mass is 9.76. The summed E-state index contributed by atoms with van der Waals surface area (Å²) in [4.78, 5) is 24.0. The van der Waals surface area contributed by atoms with Gasteiger partial charge in [0.1, 0.15) is 0 Å². The van der Waals surface area contributed by atoms with Gasteiger partial charge in [0.15, 0.2) is 0 Å². The van der Waals surface area contributed by atoms with Gasteiger partial charge in [0.25, 0.3) is 0 Å². The van der Waals surface area contributed by atoms with Crippen molar-refractivity contribution in [2.75, 3.05) is 19.8 Å². The van der Waals surface area contributed by atoms with Crippen LogP contribution in [-0.2, 0) is 38.3 Å². The van der Waals surface area contributed by atoms with Gasteiger partial charge < -0.3 is 14.6 Å². The molecule has 5 heteroatoms. The molecule has 3 aromatic carbocycles. The number of carbonyl (C=O) groups excluding carboxylic acids is 2. The summed E-state index contributed by atoms with van der Waals surface area (Å²) in [6.07, 6.45) is 12.9. The fourth-order valence-electron chi connectivity index (χ4n) is 6.56. The number of ether oxygens (including phenoxy) is 2. The Hall–Kier alpha value is -3.96. The molecule has 0 radical (unpaired) electrons. The van der Waals surface area contributed by atoms with E-state index >= 15 is 0 Å². The zero-order valence-corrected chi connectivity index (χ0v) is 29.1. The van der Waals surface area contributed by atoms with E-state index in [1.165, 1.54) is 85.6 Å². The molecule has 0 heterocycles. The molecule has 1 fully saturated rings. The van der Waals surface area contributed by atoms with Crippen molar-refractivity contribution in [3.8, 4) is 11.1 Å². The first kappa shape index (κ1) is 36.9. The second-order valence-electron chi connectivity index (χ2n) is 13.7. The Morgan fingerprint density at radius 3 is 1.88 bits per heavy atom. The number of benzene rings is 3. The van der Waals surface area contributed by atoms with E-state index in [-0.39, 0.29) is 24.7 Å². The first-order valence-corrected chi connectivity index (χ1v) is 17.8. The van der Waals surface area contributed by atoms with Crippen molar-refractivity contribution in [1.82, 2.24) is 0 Å². The maximum Gasteiger partial charge on any atom is 0.335 e. The fourth-order valence-corrected chi connectivity index (χ4v) is 6.56. The molecule has 1 atom stereocenters. The summed E-state index contributed by atoms with van der Waals surface area (Å²) < 4.78 is 10.7. The summed E-state index contributed by atoms with van der Waals surface area (Å²) in [7, 11) is 0. The van der Waals surface area contributed by atoms with Gasteiger partial charge in [-0.2, -0.15) is 0 Å². The molecule has 0 amide bonds. The third-order valence-corrected chi connectivity index (χ3v) is 9.70. The molecule has 1 aliphatic carbocycles. The molecule has 1 saturated carbocycles. The van der Waals surface area contributed by atoms with E-state index in [0.717, 1.165) is 17.9 Å². The third kappa shape index (κ3) is 11.6. The number of hydrogen-bond acceptors (Lipinski definition) is 5. The lowest BCUT2D eigenvalue weighted by Gasteiger charge is -2.29. The van der Waals surface area contributed by atoms with Crippen molar-refractivity contribution >= 4 is 11.9 Å². The van der Waals surface area contributed by atoms with Gasteiger partial charge in [-0.25, -0.2) is 9.59 Å². The first-order valence-electron chi connectivity index (χ1n) is 17.8. The van der Waals surface area contributed by atoms with Crippen LogP contribution in [0.4, 0.5) is 0 Å². The normalized spacial score (nSPS) is 16.6. The summed E-state index contributed by atoms with van der Waals surface area (Å²) in [6.45, 7) is 10.7. The maximum atomic E-state index is 12.0. The predicted molar refractivity (Wildman–Crippen MR) is 195 cm³/mol. The summed E-state index contributed by atoms with van der Waals surface area (Å²) in [5.74, 6) is 0.0618. The molecule has 3 aromatic rings. The van der Waals surface area contributed by atoms with Gasteiger partial charge in [0, 0.05) is 11.5 Å². The molecule has 0 spiro atoms. The van der Waals surface area contributed by atoms with Crippen molar-refractivity contribution in [3.63, 3.8) is 0 Å². The highest BCUT2D eigenvalue weighted by atomic mass is 16.5. The minimum atomic E-state index is -0.648. The van der Waals surface area contributed by atoms with E-state index in [9.17, 15) is 9.59 Å². The van der Waals surface area contributed by atoms with Crippen LogP contribution in [0, 0.1) is 11.8 Å². The largest absolute Gasteiger partial charge is 0.462 e. The lowest BCUT2D eigenvalue weighted by molar-refractivity contribution is -0.144. The number of aliphatic hydroxyl groups is 1. The van der Waals surface area contributed by atoms with Crippen LogP contribution < -0.4 is 0 Å². The molecule has 5 nitrogen and oxygen atoms in total. The molecule has 1 unspecified atom stereocenters. The SMILES string of the molecule is C=C(C)C(=O)OCC(COC(=O)C(=C)CO)Cc1ccc(CCC2CCC(c3ccc(-c4ccc(CCCCC)cc4)cc3)CC2)cc1. The highest BCUT2D eigenvalue weighted by Crippen LogP contribution is 2.38. The number of hydrogen-bond donors (Lipinski definition) is 1. The van der Waals surface area contributed by atoms with Crippen molar-refractivity contribution in [2.24, 2.45) is 11.8 Å². The van der Waals surface area contributed by atoms with Gasteiger partial charge in [-0.15, -0.1) is 0 Å². The van der Waals surface area contributed by atoms with Gasteiger partial charge in [0.05, 0.1) is 25.4 Å². The summed E-state index contributed by atoms with van der Waals surface area (Å²) in [5, 5.41) is 9.14. The Labute approximate surface area is 288 Å². The summed E-state index contributed by atoms with van der Waals surface area (Å²) >= 11 is 0. The maximum absolute atomic E-state index is 12.0. The van der Waals surface area contributed by atoms with E-state index in [1.807, 2.05) is 0 Å². The van der Waals surface area contributed by atoms with Crippen LogP contribution in [0.3, 0.4) is 0 Å². The van der Waals surface area contributed by atoms with Crippen LogP contribution in [0.5, 0.6) is 0 Å². The van der Waals surface area contributed by atoms with Crippen molar-refractivity contribution < 1.29 is 24.2 Å². The van der Waals surface area contributed by atoms with Gasteiger partial charge in [-0.3, -0.25) is 0 Å². The Kier molecular flexibility index (Phi) is 14.7. The highest BCUT2D eigenvalue weighted by Gasteiger charge is 2.23. The van der Waals surface area contributed by atoms with Gasteiger partial charge in [0.2, 0.25) is 0 Å². The van der Waals surface area contributed by atoms with Crippen LogP contribution in [0.25, 0.3) is 11.1 Å². The number of carbonyl (C=O) groups is 2. The number of esters is 2. The zero-order valence-electron chi connectivity index (χ0n) is 29.1. The first-order chi connectivity index (χ1) is 23.2. The van der Waals surface area contributed by atoms with Crippen molar-refractivity contribution in [2.45, 2.75) is 90.4 Å². The van der Waals surface area contributed by atoms with E-state index in [0.29, 0.717) is 17.9 Å². The molecule has 0 aromatic heterocycles. The van der Waals surface area contributed by atoms with E-state index in [1.54, 1.807) is 6.92 Å². The van der Waals surface area contributed by atoms with Gasteiger partial charge in [-0.05, 0) is 110 Å². The van der Waals surface area contributed by atoms with E-state index < -0.39 is 18.5 Å². The Balaban J connectivity index is 1.21. The lowest BCUT2D eigenvalue weighted by Crippen LogP contribution is -2.24. The second-order valence-corrected chi connectivity index (χ2v) is 13.7. The molecule has 0 bridgehead atoms. The molecule has 256 valence electrons. The van der Waals surface area contributed by atoms with Crippen LogP contribution in [0.15, 0.2) is 97.1 Å². The molecule has 0 aliphatic heterocycles. The third-order valence-electron chi connectivity index (χ3n) is 9.70. The number of aliphatic hydroxyl groups excluding tert-OH is 1. The predicted octanol–water partition coefficient (Wildman–Crippen LogP) is 9.36.